The lowest BCUT2D eigenvalue weighted by molar-refractivity contribution is -0.142. The van der Waals surface area contributed by atoms with Gasteiger partial charge in [0.25, 0.3) is 0 Å². The smallest absolute Gasteiger partial charge is 0.313 e. The van der Waals surface area contributed by atoms with E-state index in [0.717, 1.165) is 11.8 Å². The van der Waals surface area contributed by atoms with Gasteiger partial charge in [0, 0.05) is 18.1 Å². The highest BCUT2D eigenvalue weighted by molar-refractivity contribution is 6.06. The standard InChI is InChI=1S/C21H18N2O4/c24-16(27-15-5-1-3-12-4-2-9-22-19(12)15)8-10-23-20(25)17-13-6-7-14(11-13)18(17)21(23)26/h1-7,9,13-14,17-18H,8,10-11H2/t13-,14-,17+,18+/m0/s1. The third-order valence-corrected chi connectivity index (χ3v) is 5.92. The summed E-state index contributed by atoms with van der Waals surface area (Å²) in [5.74, 6) is -0.479. The van der Waals surface area contributed by atoms with Crippen LogP contribution in [-0.2, 0) is 14.4 Å². The fraction of sp³-hybridized carbons (Fsp3) is 0.333. The van der Waals surface area contributed by atoms with Gasteiger partial charge in [-0.1, -0.05) is 30.4 Å². The largest absolute Gasteiger partial charge is 0.424 e. The number of hydrogen-bond acceptors (Lipinski definition) is 5. The Balaban J connectivity index is 1.26. The minimum absolute atomic E-state index is 0.0249. The van der Waals surface area contributed by atoms with Crippen molar-refractivity contribution in [3.8, 4) is 5.75 Å². The fourth-order valence-corrected chi connectivity index (χ4v) is 4.72. The molecular formula is C21H18N2O4. The van der Waals surface area contributed by atoms with Gasteiger partial charge in [0.05, 0.1) is 18.3 Å². The molecule has 1 aromatic heterocycles. The summed E-state index contributed by atoms with van der Waals surface area (Å²) >= 11 is 0. The molecule has 0 N–H and O–H groups in total. The van der Waals surface area contributed by atoms with Crippen LogP contribution in [0.1, 0.15) is 12.8 Å². The number of imide groups is 1. The molecule has 1 saturated heterocycles. The van der Waals surface area contributed by atoms with Crippen LogP contribution in [0, 0.1) is 23.7 Å². The summed E-state index contributed by atoms with van der Waals surface area (Å²) < 4.78 is 5.44. The SMILES string of the molecule is O=C(CCN1C(=O)[C@H]2[C@H](C1=O)[C@H]1C=C[C@H]2C1)Oc1cccc2cccnc12. The number of carbonyl (C=O) groups excluding carboxylic acids is 3. The predicted octanol–water partition coefficient (Wildman–Crippen LogP) is 2.34. The number of carbonyl (C=O) groups is 3. The molecule has 1 aliphatic heterocycles. The van der Waals surface area contributed by atoms with Gasteiger partial charge in [0.2, 0.25) is 11.8 Å². The van der Waals surface area contributed by atoms with Gasteiger partial charge in [-0.3, -0.25) is 24.3 Å². The van der Waals surface area contributed by atoms with Gasteiger partial charge < -0.3 is 4.74 Å². The van der Waals surface area contributed by atoms with Crippen molar-refractivity contribution in [3.63, 3.8) is 0 Å². The van der Waals surface area contributed by atoms with Crippen molar-refractivity contribution in [2.45, 2.75) is 12.8 Å². The number of rotatable bonds is 4. The van der Waals surface area contributed by atoms with E-state index in [-0.39, 0.29) is 48.5 Å². The first-order valence-corrected chi connectivity index (χ1v) is 9.21. The number of likely N-dealkylation sites (tertiary alicyclic amines) is 1. The summed E-state index contributed by atoms with van der Waals surface area (Å²) in [5, 5.41) is 0.878. The van der Waals surface area contributed by atoms with Crippen LogP contribution in [0.3, 0.4) is 0 Å². The van der Waals surface area contributed by atoms with E-state index in [9.17, 15) is 14.4 Å². The van der Waals surface area contributed by atoms with Crippen LogP contribution < -0.4 is 4.74 Å². The van der Waals surface area contributed by atoms with Gasteiger partial charge in [0.15, 0.2) is 5.75 Å². The summed E-state index contributed by atoms with van der Waals surface area (Å²) in [6.07, 6.45) is 6.63. The Labute approximate surface area is 155 Å². The number of pyridine rings is 1. The first-order chi connectivity index (χ1) is 13.1. The molecule has 136 valence electrons. The van der Waals surface area contributed by atoms with Gasteiger partial charge in [-0.25, -0.2) is 0 Å². The van der Waals surface area contributed by atoms with Crippen molar-refractivity contribution in [2.24, 2.45) is 23.7 Å². The molecule has 4 atom stereocenters. The molecule has 1 saturated carbocycles. The highest BCUT2D eigenvalue weighted by Gasteiger charge is 2.59. The molecular weight excluding hydrogens is 344 g/mol. The Morgan fingerprint density at radius 3 is 2.52 bits per heavy atom. The lowest BCUT2D eigenvalue weighted by Crippen LogP contribution is -2.35. The molecule has 2 aliphatic carbocycles. The van der Waals surface area contributed by atoms with E-state index in [1.54, 1.807) is 18.3 Å². The van der Waals surface area contributed by atoms with E-state index in [2.05, 4.69) is 17.1 Å². The van der Waals surface area contributed by atoms with Crippen molar-refractivity contribution in [3.05, 3.63) is 48.7 Å². The average molecular weight is 362 g/mol. The van der Waals surface area contributed by atoms with Gasteiger partial charge in [0.1, 0.15) is 5.52 Å². The lowest BCUT2D eigenvalue weighted by atomic mass is 9.85. The van der Waals surface area contributed by atoms with Crippen molar-refractivity contribution in [1.82, 2.24) is 9.88 Å². The molecule has 0 unspecified atom stereocenters. The summed E-state index contributed by atoms with van der Waals surface area (Å²) in [6.45, 7) is 0.0706. The maximum Gasteiger partial charge on any atom is 0.313 e. The quantitative estimate of drug-likeness (QED) is 0.361. The monoisotopic (exact) mass is 362 g/mol. The van der Waals surface area contributed by atoms with E-state index in [1.807, 2.05) is 18.2 Å². The normalized spacial score (nSPS) is 28.2. The van der Waals surface area contributed by atoms with Crippen LogP contribution in [0.5, 0.6) is 5.75 Å². The predicted molar refractivity (Wildman–Crippen MR) is 96.4 cm³/mol. The van der Waals surface area contributed by atoms with Crippen LogP contribution in [0.25, 0.3) is 10.9 Å². The van der Waals surface area contributed by atoms with Crippen LogP contribution in [0.15, 0.2) is 48.7 Å². The number of nitrogens with zero attached hydrogens (tertiary/aromatic N) is 2. The number of hydrogen-bond donors (Lipinski definition) is 0. The zero-order valence-electron chi connectivity index (χ0n) is 14.6. The highest BCUT2D eigenvalue weighted by Crippen LogP contribution is 2.52. The second-order valence-electron chi connectivity index (χ2n) is 7.38. The fourth-order valence-electron chi connectivity index (χ4n) is 4.72. The van der Waals surface area contributed by atoms with Crippen LogP contribution >= 0.6 is 0 Å². The molecule has 5 rings (SSSR count). The van der Waals surface area contributed by atoms with E-state index in [4.69, 9.17) is 4.74 Å². The average Bonchev–Trinajstić information content (AvgIpc) is 3.35. The number of allylic oxidation sites excluding steroid dienone is 2. The molecule has 0 spiro atoms. The number of para-hydroxylation sites is 1. The molecule has 2 fully saturated rings. The number of ether oxygens (including phenoxy) is 1. The number of benzene rings is 1. The van der Waals surface area contributed by atoms with Gasteiger partial charge in [-0.05, 0) is 30.4 Å². The Bertz CT molecular complexity index is 963. The van der Waals surface area contributed by atoms with E-state index in [0.29, 0.717) is 11.3 Å². The molecule has 6 heteroatoms. The maximum atomic E-state index is 12.6. The number of amides is 2. The molecule has 2 heterocycles. The minimum atomic E-state index is -0.480. The van der Waals surface area contributed by atoms with E-state index >= 15 is 0 Å². The van der Waals surface area contributed by atoms with Crippen molar-refractivity contribution in [1.29, 1.82) is 0 Å². The molecule has 2 amide bonds. The number of aromatic nitrogens is 1. The highest BCUT2D eigenvalue weighted by atomic mass is 16.5. The van der Waals surface area contributed by atoms with Crippen molar-refractivity contribution in [2.75, 3.05) is 6.54 Å². The maximum absolute atomic E-state index is 12.6. The summed E-state index contributed by atoms with van der Waals surface area (Å²) in [5.41, 5.74) is 0.610. The minimum Gasteiger partial charge on any atom is -0.424 e. The van der Waals surface area contributed by atoms with Gasteiger partial charge in [-0.2, -0.15) is 0 Å². The first-order valence-electron chi connectivity index (χ1n) is 9.21. The van der Waals surface area contributed by atoms with Crippen LogP contribution in [-0.4, -0.2) is 34.2 Å². The van der Waals surface area contributed by atoms with Crippen LogP contribution in [0.4, 0.5) is 0 Å². The molecule has 27 heavy (non-hydrogen) atoms. The van der Waals surface area contributed by atoms with Crippen molar-refractivity contribution >= 4 is 28.7 Å². The number of fused-ring (bicyclic) bond motifs is 6. The Morgan fingerprint density at radius 1 is 1.07 bits per heavy atom. The zero-order chi connectivity index (χ0) is 18.5. The summed E-state index contributed by atoms with van der Waals surface area (Å²) in [4.78, 5) is 43.1. The Morgan fingerprint density at radius 2 is 1.78 bits per heavy atom. The summed E-state index contributed by atoms with van der Waals surface area (Å²) in [7, 11) is 0. The second-order valence-corrected chi connectivity index (χ2v) is 7.38. The number of esters is 1. The Hall–Kier alpha value is -3.02. The first kappa shape index (κ1) is 16.2. The molecule has 1 aromatic carbocycles. The lowest BCUT2D eigenvalue weighted by Gasteiger charge is -2.16. The molecule has 2 bridgehead atoms. The molecule has 2 aromatic rings. The topological polar surface area (TPSA) is 76.6 Å². The molecule has 0 radical (unpaired) electrons. The van der Waals surface area contributed by atoms with Gasteiger partial charge in [-0.15, -0.1) is 0 Å². The summed E-state index contributed by atoms with van der Waals surface area (Å²) in [6, 6.07) is 9.08. The third kappa shape index (κ3) is 2.47. The van der Waals surface area contributed by atoms with Crippen LogP contribution in [0.2, 0.25) is 0 Å². The molecule has 3 aliphatic rings. The van der Waals surface area contributed by atoms with E-state index in [1.165, 1.54) is 4.90 Å². The zero-order valence-corrected chi connectivity index (χ0v) is 14.6. The Kier molecular flexibility index (Phi) is 3.60. The van der Waals surface area contributed by atoms with Gasteiger partial charge >= 0.3 is 5.97 Å². The third-order valence-electron chi connectivity index (χ3n) is 5.92. The van der Waals surface area contributed by atoms with E-state index < -0.39 is 5.97 Å². The second kappa shape index (κ2) is 6.01. The van der Waals surface area contributed by atoms with Crippen molar-refractivity contribution < 1.29 is 19.1 Å². The molecule has 6 nitrogen and oxygen atoms in total.